The maximum absolute atomic E-state index is 11.7. The van der Waals surface area contributed by atoms with E-state index < -0.39 is 0 Å². The largest absolute Gasteiger partial charge is 0.466 e. The second-order valence-electron chi connectivity index (χ2n) is 6.37. The number of carbonyl (C=O) groups is 2. The summed E-state index contributed by atoms with van der Waals surface area (Å²) in [6.07, 6.45) is 3.16. The normalized spacial score (nSPS) is 10.6. The first-order chi connectivity index (χ1) is 11.0. The summed E-state index contributed by atoms with van der Waals surface area (Å²) in [4.78, 5) is 23.3. The van der Waals surface area contributed by atoms with Gasteiger partial charge in [0.2, 0.25) is 5.91 Å². The number of carbonyl (C=O) groups excluding carboxylic acids is 2. The van der Waals surface area contributed by atoms with E-state index in [2.05, 4.69) is 19.2 Å². The van der Waals surface area contributed by atoms with Crippen molar-refractivity contribution in [2.45, 2.75) is 59.4 Å². The van der Waals surface area contributed by atoms with Crippen LogP contribution in [0, 0.1) is 12.8 Å². The first-order valence-corrected chi connectivity index (χ1v) is 8.45. The van der Waals surface area contributed by atoms with Gasteiger partial charge in [-0.3, -0.25) is 9.59 Å². The van der Waals surface area contributed by atoms with Gasteiger partial charge in [-0.15, -0.1) is 0 Å². The Morgan fingerprint density at radius 2 is 1.78 bits per heavy atom. The smallest absolute Gasteiger partial charge is 0.305 e. The minimum Gasteiger partial charge on any atom is -0.466 e. The highest BCUT2D eigenvalue weighted by molar-refractivity contribution is 5.77. The zero-order chi connectivity index (χ0) is 17.1. The molecule has 1 aromatic rings. The van der Waals surface area contributed by atoms with Crippen molar-refractivity contribution in [3.05, 3.63) is 35.4 Å². The van der Waals surface area contributed by atoms with Crippen LogP contribution in [0.2, 0.25) is 0 Å². The molecule has 0 bridgehead atoms. The van der Waals surface area contributed by atoms with E-state index in [1.165, 1.54) is 5.56 Å². The summed E-state index contributed by atoms with van der Waals surface area (Å²) in [5, 5.41) is 2.87. The first-order valence-electron chi connectivity index (χ1n) is 8.45. The second-order valence-corrected chi connectivity index (χ2v) is 6.37. The molecule has 0 aliphatic heterocycles. The molecule has 0 atom stereocenters. The molecule has 1 N–H and O–H groups in total. The molecular weight excluding hydrogens is 290 g/mol. The van der Waals surface area contributed by atoms with Gasteiger partial charge >= 0.3 is 5.97 Å². The van der Waals surface area contributed by atoms with Crippen LogP contribution in [0.15, 0.2) is 24.3 Å². The Bertz CT molecular complexity index is 480. The van der Waals surface area contributed by atoms with Gasteiger partial charge < -0.3 is 10.1 Å². The highest BCUT2D eigenvalue weighted by Gasteiger charge is 2.06. The Kier molecular flexibility index (Phi) is 9.03. The molecule has 0 heterocycles. The van der Waals surface area contributed by atoms with Gasteiger partial charge in [-0.2, -0.15) is 0 Å². The summed E-state index contributed by atoms with van der Waals surface area (Å²) in [7, 11) is 0. The predicted molar refractivity (Wildman–Crippen MR) is 91.9 cm³/mol. The third kappa shape index (κ3) is 9.72. The number of rotatable bonds is 10. The number of hydrogen-bond donors (Lipinski definition) is 1. The topological polar surface area (TPSA) is 55.4 Å². The maximum atomic E-state index is 11.7. The van der Waals surface area contributed by atoms with E-state index in [1.54, 1.807) is 0 Å². The molecule has 0 aliphatic rings. The van der Waals surface area contributed by atoms with Gasteiger partial charge in [0.15, 0.2) is 0 Å². The van der Waals surface area contributed by atoms with Crippen LogP contribution in [0.4, 0.5) is 0 Å². The molecule has 1 aromatic carbocycles. The molecule has 0 spiro atoms. The molecule has 1 amide bonds. The Hall–Kier alpha value is -1.84. The number of hydrogen-bond acceptors (Lipinski definition) is 3. The van der Waals surface area contributed by atoms with Crippen LogP contribution >= 0.6 is 0 Å². The Morgan fingerprint density at radius 1 is 1.09 bits per heavy atom. The summed E-state index contributed by atoms with van der Waals surface area (Å²) in [6.45, 7) is 7.34. The third-order valence-electron chi connectivity index (χ3n) is 3.58. The number of aryl methyl sites for hydroxylation is 1. The predicted octanol–water partition coefficient (Wildman–Crippen LogP) is 3.76. The van der Waals surface area contributed by atoms with Gasteiger partial charge in [0.1, 0.15) is 0 Å². The molecule has 1 rings (SSSR count). The molecule has 0 unspecified atom stereocenters. The average molecular weight is 319 g/mol. The van der Waals surface area contributed by atoms with Crippen molar-refractivity contribution in [3.8, 4) is 0 Å². The Labute approximate surface area is 139 Å². The number of benzene rings is 1. The molecule has 0 fully saturated rings. The van der Waals surface area contributed by atoms with E-state index in [4.69, 9.17) is 4.74 Å². The minimum atomic E-state index is -0.208. The second kappa shape index (κ2) is 10.8. The van der Waals surface area contributed by atoms with Gasteiger partial charge in [0.05, 0.1) is 6.61 Å². The summed E-state index contributed by atoms with van der Waals surface area (Å²) in [5.41, 5.74) is 2.28. The van der Waals surface area contributed by atoms with E-state index in [9.17, 15) is 9.59 Å². The first kappa shape index (κ1) is 19.2. The molecule has 0 radical (unpaired) electrons. The summed E-state index contributed by atoms with van der Waals surface area (Å²) >= 11 is 0. The minimum absolute atomic E-state index is 0.0295. The quantitative estimate of drug-likeness (QED) is 0.528. The Balaban J connectivity index is 2.07. The van der Waals surface area contributed by atoms with E-state index in [1.807, 2.05) is 31.2 Å². The van der Waals surface area contributed by atoms with Gasteiger partial charge in [-0.05, 0) is 37.7 Å². The SMILES string of the molecule is Cc1ccc(CNC(=O)CCCC(=O)OCCCC(C)C)cc1. The van der Waals surface area contributed by atoms with Crippen LogP contribution in [0.5, 0.6) is 0 Å². The van der Waals surface area contributed by atoms with Gasteiger partial charge in [0.25, 0.3) is 0 Å². The van der Waals surface area contributed by atoms with Crippen LogP contribution in [-0.2, 0) is 20.9 Å². The molecule has 0 saturated heterocycles. The Morgan fingerprint density at radius 3 is 2.43 bits per heavy atom. The lowest BCUT2D eigenvalue weighted by Crippen LogP contribution is -2.22. The molecule has 4 heteroatoms. The number of ether oxygens (including phenoxy) is 1. The molecule has 0 saturated carbocycles. The lowest BCUT2D eigenvalue weighted by atomic mass is 10.1. The lowest BCUT2D eigenvalue weighted by Gasteiger charge is -2.07. The van der Waals surface area contributed by atoms with Crippen molar-refractivity contribution < 1.29 is 14.3 Å². The van der Waals surface area contributed by atoms with Crippen LogP contribution < -0.4 is 5.32 Å². The molecule has 4 nitrogen and oxygen atoms in total. The fourth-order valence-electron chi connectivity index (χ4n) is 2.14. The average Bonchev–Trinajstić information content (AvgIpc) is 2.51. The van der Waals surface area contributed by atoms with Crippen LogP contribution in [0.3, 0.4) is 0 Å². The van der Waals surface area contributed by atoms with Crippen LogP contribution in [-0.4, -0.2) is 18.5 Å². The number of amides is 1. The van der Waals surface area contributed by atoms with Crippen LogP contribution in [0.25, 0.3) is 0 Å². The standard InChI is InChI=1S/C19H29NO3/c1-15(2)6-5-13-23-19(22)8-4-7-18(21)20-14-17-11-9-16(3)10-12-17/h9-12,15H,4-8,13-14H2,1-3H3,(H,20,21). The maximum Gasteiger partial charge on any atom is 0.305 e. The highest BCUT2D eigenvalue weighted by Crippen LogP contribution is 2.05. The monoisotopic (exact) mass is 319 g/mol. The number of nitrogens with one attached hydrogen (secondary N) is 1. The van der Waals surface area contributed by atoms with Crippen LogP contribution in [0.1, 0.15) is 57.1 Å². The van der Waals surface area contributed by atoms with Crippen molar-refractivity contribution in [3.63, 3.8) is 0 Å². The molecule has 128 valence electrons. The van der Waals surface area contributed by atoms with Crippen molar-refractivity contribution in [1.82, 2.24) is 5.32 Å². The fourth-order valence-corrected chi connectivity index (χ4v) is 2.14. The molecular formula is C19H29NO3. The summed E-state index contributed by atoms with van der Waals surface area (Å²) in [5.74, 6) is 0.393. The fraction of sp³-hybridized carbons (Fsp3) is 0.579. The molecule has 23 heavy (non-hydrogen) atoms. The van der Waals surface area contributed by atoms with E-state index in [0.29, 0.717) is 38.3 Å². The highest BCUT2D eigenvalue weighted by atomic mass is 16.5. The zero-order valence-corrected chi connectivity index (χ0v) is 14.6. The van der Waals surface area contributed by atoms with E-state index in [0.717, 1.165) is 18.4 Å². The van der Waals surface area contributed by atoms with Gasteiger partial charge in [-0.25, -0.2) is 0 Å². The van der Waals surface area contributed by atoms with Crippen molar-refractivity contribution in [1.29, 1.82) is 0 Å². The molecule has 0 aromatic heterocycles. The van der Waals surface area contributed by atoms with Gasteiger partial charge in [-0.1, -0.05) is 43.7 Å². The number of esters is 1. The lowest BCUT2D eigenvalue weighted by molar-refractivity contribution is -0.144. The van der Waals surface area contributed by atoms with E-state index >= 15 is 0 Å². The zero-order valence-electron chi connectivity index (χ0n) is 14.6. The van der Waals surface area contributed by atoms with Crippen molar-refractivity contribution >= 4 is 11.9 Å². The third-order valence-corrected chi connectivity index (χ3v) is 3.58. The van der Waals surface area contributed by atoms with Crippen molar-refractivity contribution in [2.24, 2.45) is 5.92 Å². The van der Waals surface area contributed by atoms with Crippen molar-refractivity contribution in [2.75, 3.05) is 6.61 Å². The van der Waals surface area contributed by atoms with E-state index in [-0.39, 0.29) is 11.9 Å². The summed E-state index contributed by atoms with van der Waals surface area (Å²) in [6, 6.07) is 8.06. The van der Waals surface area contributed by atoms with Gasteiger partial charge in [0, 0.05) is 19.4 Å². The molecule has 0 aliphatic carbocycles. The summed E-state index contributed by atoms with van der Waals surface area (Å²) < 4.78 is 5.14.